The van der Waals surface area contributed by atoms with Crippen LogP contribution in [0.3, 0.4) is 0 Å². The van der Waals surface area contributed by atoms with Gasteiger partial charge in [-0.2, -0.15) is 5.10 Å². The van der Waals surface area contributed by atoms with Gasteiger partial charge < -0.3 is 4.74 Å². The lowest BCUT2D eigenvalue weighted by molar-refractivity contribution is 0.0473. The van der Waals surface area contributed by atoms with Crippen molar-refractivity contribution in [2.75, 3.05) is 0 Å². The van der Waals surface area contributed by atoms with Crippen molar-refractivity contribution in [2.45, 2.75) is 13.5 Å². The van der Waals surface area contributed by atoms with Crippen LogP contribution in [-0.2, 0) is 11.3 Å². The first kappa shape index (κ1) is 17.7. The van der Waals surface area contributed by atoms with Crippen LogP contribution in [0.1, 0.15) is 21.5 Å². The molecule has 28 heavy (non-hydrogen) atoms. The van der Waals surface area contributed by atoms with Crippen molar-refractivity contribution in [1.29, 1.82) is 0 Å². The first-order valence-corrected chi connectivity index (χ1v) is 9.14. The SMILES string of the molecule is Cc1cccc(C(=O)OCc2cn(-c3ccccc3)nc2-c2ccccc2)c1. The second-order valence-electron chi connectivity index (χ2n) is 6.59. The number of esters is 1. The molecule has 0 fully saturated rings. The van der Waals surface area contributed by atoms with Crippen molar-refractivity contribution in [1.82, 2.24) is 9.78 Å². The maximum atomic E-state index is 12.4. The lowest BCUT2D eigenvalue weighted by atomic mass is 10.1. The molecule has 0 aliphatic heterocycles. The minimum absolute atomic E-state index is 0.157. The third-order valence-electron chi connectivity index (χ3n) is 4.47. The zero-order valence-electron chi connectivity index (χ0n) is 15.6. The van der Waals surface area contributed by atoms with Crippen LogP contribution >= 0.6 is 0 Å². The summed E-state index contributed by atoms with van der Waals surface area (Å²) >= 11 is 0. The number of nitrogens with zero attached hydrogens (tertiary/aromatic N) is 2. The average molecular weight is 368 g/mol. The molecule has 0 unspecified atom stereocenters. The highest BCUT2D eigenvalue weighted by molar-refractivity contribution is 5.89. The number of benzene rings is 3. The molecule has 4 nitrogen and oxygen atoms in total. The van der Waals surface area contributed by atoms with Crippen molar-refractivity contribution in [3.05, 3.63) is 108 Å². The molecule has 0 amide bonds. The molecule has 0 radical (unpaired) electrons. The van der Waals surface area contributed by atoms with Gasteiger partial charge in [0.25, 0.3) is 0 Å². The molecular formula is C24H20N2O2. The third kappa shape index (κ3) is 3.86. The predicted octanol–water partition coefficient (Wildman–Crippen LogP) is 5.20. The Labute approximate surface area is 164 Å². The molecular weight excluding hydrogens is 348 g/mol. The average Bonchev–Trinajstić information content (AvgIpc) is 3.17. The number of hydrogen-bond acceptors (Lipinski definition) is 3. The second kappa shape index (κ2) is 7.92. The van der Waals surface area contributed by atoms with Crippen molar-refractivity contribution >= 4 is 5.97 Å². The molecule has 4 rings (SSSR count). The van der Waals surface area contributed by atoms with Crippen LogP contribution in [0.5, 0.6) is 0 Å². The number of carbonyl (C=O) groups is 1. The van der Waals surface area contributed by atoms with E-state index >= 15 is 0 Å². The van der Waals surface area contributed by atoms with Crippen molar-refractivity contribution in [3.8, 4) is 16.9 Å². The van der Waals surface area contributed by atoms with Crippen LogP contribution in [0.15, 0.2) is 91.1 Å². The highest BCUT2D eigenvalue weighted by atomic mass is 16.5. The first-order valence-electron chi connectivity index (χ1n) is 9.14. The molecule has 0 aliphatic carbocycles. The van der Waals surface area contributed by atoms with E-state index in [9.17, 15) is 4.79 Å². The van der Waals surface area contributed by atoms with E-state index in [1.54, 1.807) is 6.07 Å². The molecule has 0 bridgehead atoms. The minimum atomic E-state index is -0.338. The van der Waals surface area contributed by atoms with Crippen LogP contribution < -0.4 is 0 Å². The Morgan fingerprint density at radius 2 is 1.64 bits per heavy atom. The van der Waals surface area contributed by atoms with Gasteiger partial charge in [-0.05, 0) is 31.2 Å². The number of rotatable bonds is 5. The summed E-state index contributed by atoms with van der Waals surface area (Å²) in [6, 6.07) is 27.2. The topological polar surface area (TPSA) is 44.1 Å². The van der Waals surface area contributed by atoms with E-state index < -0.39 is 0 Å². The first-order chi connectivity index (χ1) is 13.7. The molecule has 138 valence electrons. The summed E-state index contributed by atoms with van der Waals surface area (Å²) in [6.45, 7) is 2.11. The molecule has 0 atom stereocenters. The quantitative estimate of drug-likeness (QED) is 0.455. The summed E-state index contributed by atoms with van der Waals surface area (Å²) in [5, 5.41) is 4.74. The van der Waals surface area contributed by atoms with E-state index in [1.165, 1.54) is 0 Å². The summed E-state index contributed by atoms with van der Waals surface area (Å²) in [6.07, 6.45) is 1.92. The lowest BCUT2D eigenvalue weighted by Gasteiger charge is -2.06. The number of carbonyl (C=O) groups excluding carboxylic acids is 1. The number of aryl methyl sites for hydroxylation is 1. The van der Waals surface area contributed by atoms with E-state index in [0.29, 0.717) is 5.56 Å². The fourth-order valence-electron chi connectivity index (χ4n) is 3.07. The minimum Gasteiger partial charge on any atom is -0.457 e. The van der Waals surface area contributed by atoms with Crippen LogP contribution in [0.4, 0.5) is 0 Å². The van der Waals surface area contributed by atoms with Crippen molar-refractivity contribution < 1.29 is 9.53 Å². The highest BCUT2D eigenvalue weighted by Gasteiger charge is 2.15. The second-order valence-corrected chi connectivity index (χ2v) is 6.59. The van der Waals surface area contributed by atoms with E-state index in [1.807, 2.05) is 96.7 Å². The van der Waals surface area contributed by atoms with Gasteiger partial charge in [-0.1, -0.05) is 66.2 Å². The summed E-state index contributed by atoms with van der Waals surface area (Å²) in [7, 11) is 0. The van der Waals surface area contributed by atoms with Gasteiger partial charge in [0, 0.05) is 17.3 Å². The van der Waals surface area contributed by atoms with E-state index in [2.05, 4.69) is 0 Å². The van der Waals surface area contributed by atoms with Gasteiger partial charge in [0.1, 0.15) is 6.61 Å². The fourth-order valence-corrected chi connectivity index (χ4v) is 3.07. The van der Waals surface area contributed by atoms with E-state index in [-0.39, 0.29) is 12.6 Å². The van der Waals surface area contributed by atoms with Gasteiger partial charge in [0.2, 0.25) is 0 Å². The number of hydrogen-bond donors (Lipinski definition) is 0. The molecule has 0 spiro atoms. The Balaban J connectivity index is 1.63. The Kier molecular flexibility index (Phi) is 5.02. The molecule has 0 saturated heterocycles. The van der Waals surface area contributed by atoms with Gasteiger partial charge in [-0.15, -0.1) is 0 Å². The Morgan fingerprint density at radius 3 is 2.36 bits per heavy atom. The molecule has 3 aromatic carbocycles. The lowest BCUT2D eigenvalue weighted by Crippen LogP contribution is -2.05. The fraction of sp³-hybridized carbons (Fsp3) is 0.0833. The monoisotopic (exact) mass is 368 g/mol. The maximum absolute atomic E-state index is 12.4. The van der Waals surface area contributed by atoms with E-state index in [0.717, 1.165) is 28.1 Å². The Morgan fingerprint density at radius 1 is 0.929 bits per heavy atom. The van der Waals surface area contributed by atoms with Gasteiger partial charge in [0.05, 0.1) is 16.9 Å². The molecule has 1 heterocycles. The van der Waals surface area contributed by atoms with Crippen molar-refractivity contribution in [3.63, 3.8) is 0 Å². The Hall–Kier alpha value is -3.66. The zero-order chi connectivity index (χ0) is 19.3. The molecule has 4 heteroatoms. The molecule has 0 N–H and O–H groups in total. The molecule has 4 aromatic rings. The third-order valence-corrected chi connectivity index (χ3v) is 4.47. The van der Waals surface area contributed by atoms with Gasteiger partial charge in [-0.25, -0.2) is 9.48 Å². The van der Waals surface area contributed by atoms with Crippen LogP contribution in [-0.4, -0.2) is 15.7 Å². The van der Waals surface area contributed by atoms with Gasteiger partial charge in [-0.3, -0.25) is 0 Å². The molecule has 0 saturated carbocycles. The highest BCUT2D eigenvalue weighted by Crippen LogP contribution is 2.24. The van der Waals surface area contributed by atoms with E-state index in [4.69, 9.17) is 9.84 Å². The molecule has 0 aliphatic rings. The molecule has 1 aromatic heterocycles. The Bertz CT molecular complexity index is 1090. The largest absolute Gasteiger partial charge is 0.457 e. The summed E-state index contributed by atoms with van der Waals surface area (Å²) in [4.78, 5) is 12.4. The van der Waals surface area contributed by atoms with Crippen molar-refractivity contribution in [2.24, 2.45) is 0 Å². The normalized spacial score (nSPS) is 10.6. The predicted molar refractivity (Wildman–Crippen MR) is 109 cm³/mol. The van der Waals surface area contributed by atoms with Crippen LogP contribution in [0.25, 0.3) is 16.9 Å². The number of ether oxygens (including phenoxy) is 1. The number of para-hydroxylation sites is 1. The smallest absolute Gasteiger partial charge is 0.338 e. The zero-order valence-corrected chi connectivity index (χ0v) is 15.6. The summed E-state index contributed by atoms with van der Waals surface area (Å²) < 4.78 is 7.41. The summed E-state index contributed by atoms with van der Waals surface area (Å²) in [5.41, 5.74) is 5.18. The van der Waals surface area contributed by atoms with Crippen LogP contribution in [0.2, 0.25) is 0 Å². The standard InChI is InChI=1S/C24H20N2O2/c1-18-9-8-12-20(15-18)24(27)28-17-21-16-26(22-13-6-3-7-14-22)25-23(21)19-10-4-2-5-11-19/h2-16H,17H2,1H3. The van der Waals surface area contributed by atoms with Crippen LogP contribution in [0, 0.1) is 6.92 Å². The number of aromatic nitrogens is 2. The van der Waals surface area contributed by atoms with Gasteiger partial charge >= 0.3 is 5.97 Å². The summed E-state index contributed by atoms with van der Waals surface area (Å²) in [5.74, 6) is -0.338. The van der Waals surface area contributed by atoms with Gasteiger partial charge in [0.15, 0.2) is 0 Å². The maximum Gasteiger partial charge on any atom is 0.338 e.